The quantitative estimate of drug-likeness (QED) is 0.568. The fraction of sp³-hybridized carbons (Fsp3) is 0.320. The average molecular weight is 423 g/mol. The SMILES string of the molecule is Cc1ccsc1C(=O)NCc1ccccc1C1CCN(Cc2ccc(F)cc2)CC1. The molecule has 2 heterocycles. The number of benzene rings is 2. The van der Waals surface area contributed by atoms with Gasteiger partial charge < -0.3 is 5.32 Å². The van der Waals surface area contributed by atoms with Crippen LogP contribution >= 0.6 is 11.3 Å². The highest BCUT2D eigenvalue weighted by Gasteiger charge is 2.22. The van der Waals surface area contributed by atoms with Crippen LogP contribution in [0.2, 0.25) is 0 Å². The number of aryl methyl sites for hydroxylation is 1. The molecule has 1 saturated heterocycles. The van der Waals surface area contributed by atoms with E-state index in [1.165, 1.54) is 34.6 Å². The fourth-order valence-electron chi connectivity index (χ4n) is 4.20. The van der Waals surface area contributed by atoms with Gasteiger partial charge in [-0.05, 0) is 84.6 Å². The third-order valence-corrected chi connectivity index (χ3v) is 6.92. The predicted octanol–water partition coefficient (Wildman–Crippen LogP) is 5.51. The number of likely N-dealkylation sites (tertiary alicyclic amines) is 1. The molecule has 2 aromatic carbocycles. The van der Waals surface area contributed by atoms with Gasteiger partial charge in [0.25, 0.3) is 5.91 Å². The number of nitrogens with one attached hydrogen (secondary N) is 1. The highest BCUT2D eigenvalue weighted by Crippen LogP contribution is 2.31. The molecule has 0 atom stereocenters. The van der Waals surface area contributed by atoms with Crippen LogP contribution < -0.4 is 5.32 Å². The Morgan fingerprint density at radius 3 is 2.53 bits per heavy atom. The van der Waals surface area contributed by atoms with Crippen LogP contribution in [0.25, 0.3) is 0 Å². The smallest absolute Gasteiger partial charge is 0.261 e. The molecule has 1 aliphatic heterocycles. The third kappa shape index (κ3) is 4.97. The molecule has 156 valence electrons. The second-order valence-electron chi connectivity index (χ2n) is 7.99. The van der Waals surface area contributed by atoms with Crippen molar-refractivity contribution in [2.45, 2.75) is 38.8 Å². The van der Waals surface area contributed by atoms with Crippen LogP contribution in [0, 0.1) is 12.7 Å². The number of hydrogen-bond acceptors (Lipinski definition) is 3. The lowest BCUT2D eigenvalue weighted by molar-refractivity contribution is 0.0954. The van der Waals surface area contributed by atoms with Gasteiger partial charge in [0.15, 0.2) is 0 Å². The van der Waals surface area contributed by atoms with Crippen LogP contribution in [0.4, 0.5) is 4.39 Å². The zero-order chi connectivity index (χ0) is 20.9. The summed E-state index contributed by atoms with van der Waals surface area (Å²) >= 11 is 1.49. The van der Waals surface area contributed by atoms with E-state index in [1.54, 1.807) is 0 Å². The molecule has 30 heavy (non-hydrogen) atoms. The molecule has 0 unspecified atom stereocenters. The molecule has 5 heteroatoms. The molecule has 4 rings (SSSR count). The Balaban J connectivity index is 1.35. The molecule has 1 fully saturated rings. The number of piperidine rings is 1. The normalized spacial score (nSPS) is 15.3. The number of amides is 1. The molecular weight excluding hydrogens is 395 g/mol. The van der Waals surface area contributed by atoms with Crippen LogP contribution in [0.1, 0.15) is 50.7 Å². The summed E-state index contributed by atoms with van der Waals surface area (Å²) in [6.07, 6.45) is 2.19. The summed E-state index contributed by atoms with van der Waals surface area (Å²) in [6, 6.07) is 17.3. The van der Waals surface area contributed by atoms with Crippen molar-refractivity contribution in [2.75, 3.05) is 13.1 Å². The standard InChI is InChI=1S/C25H27FN2OS/c1-18-12-15-30-24(18)25(29)27-16-21-4-2-3-5-23(21)20-10-13-28(14-11-20)17-19-6-8-22(26)9-7-19/h2-9,12,15,20H,10-11,13-14,16-17H2,1H3,(H,27,29). The van der Waals surface area contributed by atoms with E-state index in [2.05, 4.69) is 28.4 Å². The number of thiophene rings is 1. The van der Waals surface area contributed by atoms with Gasteiger partial charge in [-0.15, -0.1) is 11.3 Å². The Morgan fingerprint density at radius 1 is 1.10 bits per heavy atom. The average Bonchev–Trinajstić information content (AvgIpc) is 3.20. The highest BCUT2D eigenvalue weighted by atomic mass is 32.1. The van der Waals surface area contributed by atoms with Gasteiger partial charge in [-0.1, -0.05) is 36.4 Å². The van der Waals surface area contributed by atoms with E-state index in [0.717, 1.165) is 48.5 Å². The van der Waals surface area contributed by atoms with Crippen molar-refractivity contribution in [1.29, 1.82) is 0 Å². The van der Waals surface area contributed by atoms with E-state index in [-0.39, 0.29) is 11.7 Å². The largest absolute Gasteiger partial charge is 0.347 e. The van der Waals surface area contributed by atoms with Gasteiger partial charge in [0.2, 0.25) is 0 Å². The molecule has 0 radical (unpaired) electrons. The van der Waals surface area contributed by atoms with E-state index in [0.29, 0.717) is 12.5 Å². The van der Waals surface area contributed by atoms with Crippen molar-refractivity contribution in [1.82, 2.24) is 10.2 Å². The van der Waals surface area contributed by atoms with Crippen molar-refractivity contribution in [3.63, 3.8) is 0 Å². The van der Waals surface area contributed by atoms with E-state index in [1.807, 2.05) is 36.6 Å². The summed E-state index contributed by atoms with van der Waals surface area (Å²) in [5.74, 6) is 0.327. The van der Waals surface area contributed by atoms with Crippen LogP contribution in [0.3, 0.4) is 0 Å². The number of carbonyl (C=O) groups is 1. The van der Waals surface area contributed by atoms with Crippen LogP contribution in [0.15, 0.2) is 60.0 Å². The monoisotopic (exact) mass is 422 g/mol. The number of nitrogens with zero attached hydrogens (tertiary/aromatic N) is 1. The summed E-state index contributed by atoms with van der Waals surface area (Å²) in [4.78, 5) is 15.7. The first-order chi connectivity index (χ1) is 14.6. The molecule has 0 saturated carbocycles. The second-order valence-corrected chi connectivity index (χ2v) is 8.91. The lowest BCUT2D eigenvalue weighted by Gasteiger charge is -2.33. The van der Waals surface area contributed by atoms with E-state index in [4.69, 9.17) is 0 Å². The first-order valence-electron chi connectivity index (χ1n) is 10.5. The van der Waals surface area contributed by atoms with Crippen molar-refractivity contribution in [3.05, 3.63) is 92.9 Å². The number of hydrogen-bond donors (Lipinski definition) is 1. The minimum absolute atomic E-state index is 0.00594. The maximum absolute atomic E-state index is 13.1. The van der Waals surface area contributed by atoms with Gasteiger partial charge in [-0.3, -0.25) is 9.69 Å². The molecule has 1 aliphatic rings. The van der Waals surface area contributed by atoms with Gasteiger partial charge in [0, 0.05) is 13.1 Å². The van der Waals surface area contributed by atoms with Gasteiger partial charge in [-0.2, -0.15) is 0 Å². The van der Waals surface area contributed by atoms with Crippen LogP contribution in [-0.2, 0) is 13.1 Å². The van der Waals surface area contributed by atoms with Gasteiger partial charge in [0.1, 0.15) is 5.82 Å². The lowest BCUT2D eigenvalue weighted by Crippen LogP contribution is -2.33. The predicted molar refractivity (Wildman–Crippen MR) is 120 cm³/mol. The third-order valence-electron chi connectivity index (χ3n) is 5.91. The second kappa shape index (κ2) is 9.54. The van der Waals surface area contributed by atoms with E-state index >= 15 is 0 Å². The fourth-order valence-corrected chi connectivity index (χ4v) is 5.05. The molecule has 3 aromatic rings. The Morgan fingerprint density at radius 2 is 1.83 bits per heavy atom. The molecule has 1 amide bonds. The number of carbonyl (C=O) groups excluding carboxylic acids is 1. The summed E-state index contributed by atoms with van der Waals surface area (Å²) in [5.41, 5.74) is 4.74. The van der Waals surface area contributed by atoms with Crippen molar-refractivity contribution in [3.8, 4) is 0 Å². The summed E-state index contributed by atoms with van der Waals surface area (Å²) < 4.78 is 13.1. The first-order valence-corrected chi connectivity index (χ1v) is 11.3. The van der Waals surface area contributed by atoms with Gasteiger partial charge in [-0.25, -0.2) is 4.39 Å². The van der Waals surface area contributed by atoms with Gasteiger partial charge in [0.05, 0.1) is 4.88 Å². The zero-order valence-electron chi connectivity index (χ0n) is 17.2. The van der Waals surface area contributed by atoms with Crippen molar-refractivity contribution in [2.24, 2.45) is 0 Å². The van der Waals surface area contributed by atoms with Crippen molar-refractivity contribution < 1.29 is 9.18 Å². The Kier molecular flexibility index (Phi) is 6.60. The Hall–Kier alpha value is -2.50. The Labute approximate surface area is 181 Å². The summed E-state index contributed by atoms with van der Waals surface area (Å²) in [6.45, 7) is 5.44. The van der Waals surface area contributed by atoms with Crippen LogP contribution in [-0.4, -0.2) is 23.9 Å². The summed E-state index contributed by atoms with van der Waals surface area (Å²) in [5, 5.41) is 5.05. The minimum Gasteiger partial charge on any atom is -0.347 e. The first kappa shape index (κ1) is 20.8. The topological polar surface area (TPSA) is 32.3 Å². The van der Waals surface area contributed by atoms with E-state index < -0.39 is 0 Å². The van der Waals surface area contributed by atoms with Crippen LogP contribution in [0.5, 0.6) is 0 Å². The van der Waals surface area contributed by atoms with E-state index in [9.17, 15) is 9.18 Å². The molecule has 0 bridgehead atoms. The van der Waals surface area contributed by atoms with Gasteiger partial charge >= 0.3 is 0 Å². The summed E-state index contributed by atoms with van der Waals surface area (Å²) in [7, 11) is 0. The zero-order valence-corrected chi connectivity index (χ0v) is 18.1. The molecule has 1 aromatic heterocycles. The molecule has 0 aliphatic carbocycles. The Bertz CT molecular complexity index is 990. The minimum atomic E-state index is -0.185. The van der Waals surface area contributed by atoms with Crippen molar-refractivity contribution >= 4 is 17.2 Å². The maximum atomic E-state index is 13.1. The highest BCUT2D eigenvalue weighted by molar-refractivity contribution is 7.12. The number of rotatable bonds is 6. The molecular formula is C25H27FN2OS. The molecule has 3 nitrogen and oxygen atoms in total. The molecule has 1 N–H and O–H groups in total. The number of halogens is 1. The lowest BCUT2D eigenvalue weighted by atomic mass is 9.86. The maximum Gasteiger partial charge on any atom is 0.261 e. The molecule has 0 spiro atoms.